The third kappa shape index (κ3) is 3.03. The smallest absolute Gasteiger partial charge is 0.105 e. The van der Waals surface area contributed by atoms with Gasteiger partial charge in [-0.2, -0.15) is 0 Å². The molecule has 1 heterocycles. The average Bonchev–Trinajstić information content (AvgIpc) is 2.93. The van der Waals surface area contributed by atoms with Crippen LogP contribution in [-0.2, 0) is 6.54 Å². The van der Waals surface area contributed by atoms with Crippen molar-refractivity contribution in [1.29, 1.82) is 0 Å². The van der Waals surface area contributed by atoms with Gasteiger partial charge in [-0.1, -0.05) is 54.6 Å². The number of benzene rings is 2. The van der Waals surface area contributed by atoms with E-state index in [0.717, 1.165) is 17.9 Å². The molecule has 0 radical (unpaired) electrons. The molecule has 0 spiro atoms. The van der Waals surface area contributed by atoms with E-state index in [0.29, 0.717) is 0 Å². The zero-order chi connectivity index (χ0) is 14.7. The lowest BCUT2D eigenvalue weighted by Crippen LogP contribution is -2.17. The minimum absolute atomic E-state index is 0.0253. The summed E-state index contributed by atoms with van der Waals surface area (Å²) in [4.78, 5) is 4.22. The highest BCUT2D eigenvalue weighted by Crippen LogP contribution is 2.21. The third-order valence-electron chi connectivity index (χ3n) is 3.76. The Labute approximate surface area is 125 Å². The SMILES string of the molecule is Cc1nccn1CC(N)c1ccc(-c2ccccc2)cc1. The molecule has 2 aromatic carbocycles. The van der Waals surface area contributed by atoms with Crippen LogP contribution in [-0.4, -0.2) is 9.55 Å². The molecule has 3 heteroatoms. The molecule has 0 saturated carbocycles. The lowest BCUT2D eigenvalue weighted by Gasteiger charge is -2.14. The van der Waals surface area contributed by atoms with E-state index in [-0.39, 0.29) is 6.04 Å². The summed E-state index contributed by atoms with van der Waals surface area (Å²) in [5.41, 5.74) is 9.88. The molecule has 106 valence electrons. The van der Waals surface area contributed by atoms with E-state index < -0.39 is 0 Å². The van der Waals surface area contributed by atoms with E-state index in [9.17, 15) is 0 Å². The van der Waals surface area contributed by atoms with Gasteiger partial charge in [-0.3, -0.25) is 0 Å². The van der Waals surface area contributed by atoms with E-state index >= 15 is 0 Å². The van der Waals surface area contributed by atoms with Crippen LogP contribution in [0.3, 0.4) is 0 Å². The van der Waals surface area contributed by atoms with Crippen LogP contribution in [0, 0.1) is 6.92 Å². The molecule has 0 fully saturated rings. The summed E-state index contributed by atoms with van der Waals surface area (Å²) in [7, 11) is 0. The number of aromatic nitrogens is 2. The van der Waals surface area contributed by atoms with Crippen LogP contribution in [0.4, 0.5) is 0 Å². The van der Waals surface area contributed by atoms with Gasteiger partial charge < -0.3 is 10.3 Å². The average molecular weight is 277 g/mol. The van der Waals surface area contributed by atoms with Gasteiger partial charge in [0.05, 0.1) is 0 Å². The second kappa shape index (κ2) is 5.94. The van der Waals surface area contributed by atoms with Crippen LogP contribution >= 0.6 is 0 Å². The molecule has 3 nitrogen and oxygen atoms in total. The Hall–Kier alpha value is -2.39. The predicted molar refractivity (Wildman–Crippen MR) is 85.8 cm³/mol. The fourth-order valence-electron chi connectivity index (χ4n) is 2.47. The van der Waals surface area contributed by atoms with Crippen LogP contribution in [0.5, 0.6) is 0 Å². The summed E-state index contributed by atoms with van der Waals surface area (Å²) in [6.07, 6.45) is 3.77. The first-order chi connectivity index (χ1) is 10.2. The quantitative estimate of drug-likeness (QED) is 0.792. The first-order valence-electron chi connectivity index (χ1n) is 7.13. The van der Waals surface area contributed by atoms with Gasteiger partial charge in [-0.25, -0.2) is 4.98 Å². The van der Waals surface area contributed by atoms with Gasteiger partial charge in [0.2, 0.25) is 0 Å². The molecule has 3 aromatic rings. The van der Waals surface area contributed by atoms with Crippen LogP contribution < -0.4 is 5.73 Å². The van der Waals surface area contributed by atoms with Crippen LogP contribution in [0.2, 0.25) is 0 Å². The van der Waals surface area contributed by atoms with E-state index in [1.807, 2.05) is 19.2 Å². The van der Waals surface area contributed by atoms with Gasteiger partial charge in [0.15, 0.2) is 0 Å². The van der Waals surface area contributed by atoms with Crippen molar-refractivity contribution in [2.45, 2.75) is 19.5 Å². The highest BCUT2D eigenvalue weighted by molar-refractivity contribution is 5.63. The molecule has 0 bridgehead atoms. The van der Waals surface area contributed by atoms with Crippen molar-refractivity contribution in [1.82, 2.24) is 9.55 Å². The van der Waals surface area contributed by atoms with Crippen LogP contribution in [0.1, 0.15) is 17.4 Å². The molecular formula is C18H19N3. The maximum absolute atomic E-state index is 6.30. The monoisotopic (exact) mass is 277 g/mol. The Balaban J connectivity index is 1.76. The summed E-state index contributed by atoms with van der Waals surface area (Å²) in [5.74, 6) is 0.992. The molecule has 3 rings (SSSR count). The maximum Gasteiger partial charge on any atom is 0.105 e. The van der Waals surface area contributed by atoms with Crippen molar-refractivity contribution in [2.75, 3.05) is 0 Å². The van der Waals surface area contributed by atoms with Gasteiger partial charge in [0, 0.05) is 25.0 Å². The molecule has 0 aliphatic carbocycles. The fourth-order valence-corrected chi connectivity index (χ4v) is 2.47. The summed E-state index contributed by atoms with van der Waals surface area (Å²) in [5, 5.41) is 0. The number of rotatable bonds is 4. The highest BCUT2D eigenvalue weighted by Gasteiger charge is 2.08. The largest absolute Gasteiger partial charge is 0.333 e. The maximum atomic E-state index is 6.30. The Morgan fingerprint density at radius 2 is 1.67 bits per heavy atom. The van der Waals surface area contributed by atoms with E-state index in [1.54, 1.807) is 6.20 Å². The molecule has 2 N–H and O–H groups in total. The van der Waals surface area contributed by atoms with Crippen LogP contribution in [0.15, 0.2) is 67.0 Å². The zero-order valence-electron chi connectivity index (χ0n) is 12.1. The Bertz CT molecular complexity index is 699. The number of nitrogens with two attached hydrogens (primary N) is 1. The molecule has 0 amide bonds. The van der Waals surface area contributed by atoms with Crippen molar-refractivity contribution in [3.63, 3.8) is 0 Å². The number of imidazole rings is 1. The van der Waals surface area contributed by atoms with Crippen molar-refractivity contribution in [2.24, 2.45) is 5.73 Å². The standard InChI is InChI=1S/C18H19N3/c1-14-20-11-12-21(14)13-18(19)17-9-7-16(8-10-17)15-5-3-2-4-6-15/h2-12,18H,13,19H2,1H3. The highest BCUT2D eigenvalue weighted by atomic mass is 15.1. The van der Waals surface area contributed by atoms with Gasteiger partial charge in [-0.05, 0) is 23.6 Å². The lowest BCUT2D eigenvalue weighted by molar-refractivity contribution is 0.565. The van der Waals surface area contributed by atoms with Gasteiger partial charge >= 0.3 is 0 Å². The molecule has 0 saturated heterocycles. The number of hydrogen-bond acceptors (Lipinski definition) is 2. The Morgan fingerprint density at radius 1 is 1.00 bits per heavy atom. The van der Waals surface area contributed by atoms with Gasteiger partial charge in [-0.15, -0.1) is 0 Å². The Kier molecular flexibility index (Phi) is 3.84. The Morgan fingerprint density at radius 3 is 2.29 bits per heavy atom. The van der Waals surface area contributed by atoms with Gasteiger partial charge in [0.1, 0.15) is 5.82 Å². The molecule has 1 aromatic heterocycles. The van der Waals surface area contributed by atoms with Crippen LogP contribution in [0.25, 0.3) is 11.1 Å². The lowest BCUT2D eigenvalue weighted by atomic mass is 10.0. The van der Waals surface area contributed by atoms with E-state index in [4.69, 9.17) is 5.73 Å². The van der Waals surface area contributed by atoms with Crippen molar-refractivity contribution in [3.05, 3.63) is 78.4 Å². The molecular weight excluding hydrogens is 258 g/mol. The second-order valence-corrected chi connectivity index (χ2v) is 5.22. The first kappa shape index (κ1) is 13.6. The summed E-state index contributed by atoms with van der Waals surface area (Å²) in [6, 6.07) is 18.8. The number of nitrogens with zero attached hydrogens (tertiary/aromatic N) is 2. The van der Waals surface area contributed by atoms with E-state index in [1.165, 1.54) is 11.1 Å². The third-order valence-corrected chi connectivity index (χ3v) is 3.76. The first-order valence-corrected chi connectivity index (χ1v) is 7.13. The normalized spacial score (nSPS) is 12.3. The number of aryl methyl sites for hydroxylation is 1. The minimum atomic E-state index is -0.0253. The summed E-state index contributed by atoms with van der Waals surface area (Å²) in [6.45, 7) is 2.74. The zero-order valence-corrected chi connectivity index (χ0v) is 12.1. The molecule has 0 aliphatic heterocycles. The van der Waals surface area contributed by atoms with Crippen molar-refractivity contribution < 1.29 is 0 Å². The van der Waals surface area contributed by atoms with Gasteiger partial charge in [0.25, 0.3) is 0 Å². The molecule has 0 aliphatic rings. The topological polar surface area (TPSA) is 43.8 Å². The molecule has 21 heavy (non-hydrogen) atoms. The summed E-state index contributed by atoms with van der Waals surface area (Å²) < 4.78 is 2.08. The molecule has 1 unspecified atom stereocenters. The number of hydrogen-bond donors (Lipinski definition) is 1. The summed E-state index contributed by atoms with van der Waals surface area (Å²) >= 11 is 0. The fraction of sp³-hybridized carbons (Fsp3) is 0.167. The van der Waals surface area contributed by atoms with Crippen molar-refractivity contribution in [3.8, 4) is 11.1 Å². The molecule has 1 atom stereocenters. The predicted octanol–water partition coefficient (Wildman–Crippen LogP) is 3.56. The second-order valence-electron chi connectivity index (χ2n) is 5.22. The van der Waals surface area contributed by atoms with E-state index in [2.05, 4.69) is 58.1 Å². The minimum Gasteiger partial charge on any atom is -0.333 e. The van der Waals surface area contributed by atoms with Crippen molar-refractivity contribution >= 4 is 0 Å².